The summed E-state index contributed by atoms with van der Waals surface area (Å²) in [6.07, 6.45) is 0.216. The van der Waals surface area contributed by atoms with E-state index >= 15 is 0 Å². The molecular formula is C10H9ClF2O. The minimum atomic E-state index is -0.921. The molecule has 0 amide bonds. The lowest BCUT2D eigenvalue weighted by molar-refractivity contribution is -0.116. The molecule has 0 heterocycles. The normalized spacial score (nSPS) is 12.6. The molecule has 1 atom stereocenters. The summed E-state index contributed by atoms with van der Waals surface area (Å²) in [6, 6.07) is 3.48. The number of carbonyl (C=O) groups excluding carboxylic acids is 1. The van der Waals surface area contributed by atoms with Gasteiger partial charge in [-0.05, 0) is 31.0 Å². The number of halogens is 3. The summed E-state index contributed by atoms with van der Waals surface area (Å²) in [5, 5.41) is -0.681. The van der Waals surface area contributed by atoms with Crippen LogP contribution in [-0.4, -0.2) is 11.2 Å². The minimum absolute atomic E-state index is 0.184. The van der Waals surface area contributed by atoms with Gasteiger partial charge in [0.15, 0.2) is 11.6 Å². The van der Waals surface area contributed by atoms with E-state index in [1.165, 1.54) is 13.0 Å². The van der Waals surface area contributed by atoms with E-state index in [9.17, 15) is 13.6 Å². The third kappa shape index (κ3) is 2.77. The summed E-state index contributed by atoms with van der Waals surface area (Å²) in [4.78, 5) is 10.8. The van der Waals surface area contributed by atoms with Crippen LogP contribution in [0.5, 0.6) is 0 Å². The molecular weight excluding hydrogens is 210 g/mol. The predicted octanol–water partition coefficient (Wildman–Crippen LogP) is 2.70. The van der Waals surface area contributed by atoms with Gasteiger partial charge < -0.3 is 0 Å². The number of hydrogen-bond donors (Lipinski definition) is 0. The summed E-state index contributed by atoms with van der Waals surface area (Å²) in [7, 11) is 0. The molecule has 0 aromatic heterocycles. The minimum Gasteiger partial charge on any atom is -0.298 e. The molecule has 0 saturated carbocycles. The van der Waals surface area contributed by atoms with Crippen molar-refractivity contribution in [3.8, 4) is 0 Å². The van der Waals surface area contributed by atoms with E-state index in [1.807, 2.05) is 0 Å². The van der Waals surface area contributed by atoms with Crippen LogP contribution >= 0.6 is 11.6 Å². The number of benzene rings is 1. The van der Waals surface area contributed by atoms with Gasteiger partial charge in [-0.15, -0.1) is 11.6 Å². The highest BCUT2D eigenvalue weighted by Gasteiger charge is 2.12. The van der Waals surface area contributed by atoms with Gasteiger partial charge in [0.25, 0.3) is 0 Å². The van der Waals surface area contributed by atoms with Crippen LogP contribution in [0.15, 0.2) is 18.2 Å². The summed E-state index contributed by atoms with van der Waals surface area (Å²) in [5.41, 5.74) is 0.513. The van der Waals surface area contributed by atoms with Gasteiger partial charge in [0.2, 0.25) is 0 Å². The van der Waals surface area contributed by atoms with Gasteiger partial charge in [-0.25, -0.2) is 8.78 Å². The van der Waals surface area contributed by atoms with E-state index < -0.39 is 17.0 Å². The zero-order chi connectivity index (χ0) is 10.7. The molecule has 1 aromatic rings. The molecule has 0 fully saturated rings. The molecule has 1 rings (SSSR count). The second kappa shape index (κ2) is 4.51. The zero-order valence-electron chi connectivity index (χ0n) is 7.56. The average Bonchev–Trinajstić information content (AvgIpc) is 2.11. The maximum absolute atomic E-state index is 12.7. The number of rotatable bonds is 3. The lowest BCUT2D eigenvalue weighted by Crippen LogP contribution is -2.13. The van der Waals surface area contributed by atoms with Crippen molar-refractivity contribution < 1.29 is 13.6 Å². The summed E-state index contributed by atoms with van der Waals surface area (Å²) in [5.74, 6) is -2.01. The molecule has 0 radical (unpaired) electrons. The van der Waals surface area contributed by atoms with E-state index in [0.717, 1.165) is 12.1 Å². The average molecular weight is 219 g/mol. The Bertz CT molecular complexity index is 352. The lowest BCUT2D eigenvalue weighted by atomic mass is 10.1. The van der Waals surface area contributed by atoms with Gasteiger partial charge in [-0.2, -0.15) is 0 Å². The van der Waals surface area contributed by atoms with Crippen LogP contribution in [0.4, 0.5) is 8.78 Å². The van der Waals surface area contributed by atoms with Crippen LogP contribution in [0.1, 0.15) is 12.5 Å². The van der Waals surface area contributed by atoms with E-state index in [0.29, 0.717) is 5.56 Å². The zero-order valence-corrected chi connectivity index (χ0v) is 8.31. The molecule has 0 aliphatic rings. The van der Waals surface area contributed by atoms with Crippen LogP contribution in [0, 0.1) is 11.6 Å². The maximum atomic E-state index is 12.7. The molecule has 1 unspecified atom stereocenters. The van der Waals surface area contributed by atoms with E-state index in [4.69, 9.17) is 11.6 Å². The molecule has 1 nitrogen and oxygen atoms in total. The first kappa shape index (κ1) is 11.1. The molecule has 0 bridgehead atoms. The van der Waals surface area contributed by atoms with E-state index in [2.05, 4.69) is 0 Å². The van der Waals surface area contributed by atoms with Crippen LogP contribution in [-0.2, 0) is 11.2 Å². The first-order valence-electron chi connectivity index (χ1n) is 4.09. The van der Waals surface area contributed by atoms with Crippen molar-refractivity contribution >= 4 is 17.4 Å². The number of Topliss-reactive ketones (excluding diaryl/α,β-unsaturated/α-hetero) is 1. The Hall–Kier alpha value is -0.960. The molecule has 0 N–H and O–H groups in total. The molecule has 76 valence electrons. The molecule has 4 heteroatoms. The number of ketones is 1. The highest BCUT2D eigenvalue weighted by atomic mass is 35.5. The molecule has 0 spiro atoms. The number of hydrogen-bond acceptors (Lipinski definition) is 1. The standard InChI is InChI=1S/C10H9ClF2O/c1-6(14)8(11)4-7-2-3-9(12)10(13)5-7/h2-3,5,8H,4H2,1H3. The molecule has 0 aliphatic heterocycles. The summed E-state index contributed by atoms with van der Waals surface area (Å²) in [6.45, 7) is 1.36. The van der Waals surface area contributed by atoms with Gasteiger partial charge in [0, 0.05) is 0 Å². The number of carbonyl (C=O) groups is 1. The van der Waals surface area contributed by atoms with Gasteiger partial charge in [0.1, 0.15) is 5.78 Å². The Morgan fingerprint density at radius 1 is 1.43 bits per heavy atom. The molecule has 1 aromatic carbocycles. The quantitative estimate of drug-likeness (QED) is 0.713. The lowest BCUT2D eigenvalue weighted by Gasteiger charge is -2.05. The van der Waals surface area contributed by atoms with Gasteiger partial charge in [0.05, 0.1) is 5.38 Å². The topological polar surface area (TPSA) is 17.1 Å². The largest absolute Gasteiger partial charge is 0.298 e. The smallest absolute Gasteiger partial charge is 0.159 e. The Balaban J connectivity index is 2.78. The van der Waals surface area contributed by atoms with Crippen molar-refractivity contribution in [3.05, 3.63) is 35.4 Å². The summed E-state index contributed by atoms with van der Waals surface area (Å²) >= 11 is 5.68. The van der Waals surface area contributed by atoms with Crippen molar-refractivity contribution in [3.63, 3.8) is 0 Å². The third-order valence-corrected chi connectivity index (χ3v) is 2.30. The fourth-order valence-corrected chi connectivity index (χ4v) is 1.20. The van der Waals surface area contributed by atoms with E-state index in [1.54, 1.807) is 0 Å². The predicted molar refractivity (Wildman–Crippen MR) is 50.4 cm³/mol. The highest BCUT2D eigenvalue weighted by Crippen LogP contribution is 2.13. The molecule has 0 saturated heterocycles. The van der Waals surface area contributed by atoms with Crippen molar-refractivity contribution in [1.82, 2.24) is 0 Å². The Morgan fingerprint density at radius 2 is 2.07 bits per heavy atom. The Morgan fingerprint density at radius 3 is 2.57 bits per heavy atom. The van der Waals surface area contributed by atoms with Crippen molar-refractivity contribution in [1.29, 1.82) is 0 Å². The highest BCUT2D eigenvalue weighted by molar-refractivity contribution is 6.30. The van der Waals surface area contributed by atoms with Gasteiger partial charge in [-0.1, -0.05) is 6.07 Å². The third-order valence-electron chi connectivity index (χ3n) is 1.84. The second-order valence-corrected chi connectivity index (χ2v) is 3.56. The van der Waals surface area contributed by atoms with E-state index in [-0.39, 0.29) is 12.2 Å². The van der Waals surface area contributed by atoms with Gasteiger partial charge in [-0.3, -0.25) is 4.79 Å². The van der Waals surface area contributed by atoms with Crippen LogP contribution in [0.3, 0.4) is 0 Å². The van der Waals surface area contributed by atoms with Crippen LogP contribution in [0.25, 0.3) is 0 Å². The van der Waals surface area contributed by atoms with Crippen LogP contribution in [0.2, 0.25) is 0 Å². The van der Waals surface area contributed by atoms with Crippen LogP contribution < -0.4 is 0 Å². The first-order valence-corrected chi connectivity index (χ1v) is 4.53. The van der Waals surface area contributed by atoms with Crippen molar-refractivity contribution in [2.75, 3.05) is 0 Å². The molecule has 0 aliphatic carbocycles. The SMILES string of the molecule is CC(=O)C(Cl)Cc1ccc(F)c(F)c1. The monoisotopic (exact) mass is 218 g/mol. The Kier molecular flexibility index (Phi) is 3.58. The fraction of sp³-hybridized carbons (Fsp3) is 0.300. The second-order valence-electron chi connectivity index (χ2n) is 3.03. The maximum Gasteiger partial charge on any atom is 0.159 e. The number of alkyl halides is 1. The van der Waals surface area contributed by atoms with Gasteiger partial charge >= 0.3 is 0 Å². The first-order chi connectivity index (χ1) is 6.50. The Labute approximate surface area is 85.7 Å². The molecule has 14 heavy (non-hydrogen) atoms. The summed E-state index contributed by atoms with van der Waals surface area (Å²) < 4.78 is 25.2. The fourth-order valence-electron chi connectivity index (χ4n) is 1.02. The van der Waals surface area contributed by atoms with Crippen molar-refractivity contribution in [2.45, 2.75) is 18.7 Å². The van der Waals surface area contributed by atoms with Crippen molar-refractivity contribution in [2.24, 2.45) is 0 Å².